The average molecular weight is 359 g/mol. The fraction of sp³-hybridized carbons (Fsp3) is 0.526. The van der Waals surface area contributed by atoms with Crippen LogP contribution in [0.1, 0.15) is 43.0 Å². The van der Waals surface area contributed by atoms with Crippen LogP contribution in [0.15, 0.2) is 18.2 Å². The van der Waals surface area contributed by atoms with Crippen LogP contribution < -0.4 is 15.5 Å². The van der Waals surface area contributed by atoms with Gasteiger partial charge in [0.15, 0.2) is 0 Å². The van der Waals surface area contributed by atoms with Gasteiger partial charge in [0.05, 0.1) is 25.0 Å². The molecular weight excluding hydrogens is 334 g/mol. The second-order valence-corrected chi connectivity index (χ2v) is 7.35. The van der Waals surface area contributed by atoms with Gasteiger partial charge in [0.1, 0.15) is 5.54 Å². The van der Waals surface area contributed by atoms with Crippen molar-refractivity contribution in [1.82, 2.24) is 5.32 Å². The van der Waals surface area contributed by atoms with E-state index in [0.29, 0.717) is 30.0 Å². The van der Waals surface area contributed by atoms with Crippen molar-refractivity contribution in [3.8, 4) is 0 Å². The van der Waals surface area contributed by atoms with Crippen LogP contribution in [-0.4, -0.2) is 44.0 Å². The quantitative estimate of drug-likeness (QED) is 0.805. The molecule has 0 atom stereocenters. The molecule has 2 aliphatic rings. The highest BCUT2D eigenvalue weighted by molar-refractivity contribution is 6.04. The van der Waals surface area contributed by atoms with E-state index in [4.69, 9.17) is 4.74 Å². The number of hydrogen-bond donors (Lipinski definition) is 2. The maximum atomic E-state index is 12.8. The molecule has 0 bridgehead atoms. The van der Waals surface area contributed by atoms with Gasteiger partial charge in [-0.15, -0.1) is 0 Å². The molecule has 2 amide bonds. The van der Waals surface area contributed by atoms with Crippen molar-refractivity contribution in [2.75, 3.05) is 30.9 Å². The Morgan fingerprint density at radius 1 is 1.31 bits per heavy atom. The van der Waals surface area contributed by atoms with Crippen LogP contribution in [0.3, 0.4) is 0 Å². The van der Waals surface area contributed by atoms with Crippen LogP contribution in [0, 0.1) is 5.92 Å². The SMILES string of the molecule is COC(=O)C1(NC(=O)c2ccc3c(c2)NC(=O)CN3C)CCC(C)CC1. The van der Waals surface area contributed by atoms with Gasteiger partial charge in [-0.05, 0) is 49.8 Å². The topological polar surface area (TPSA) is 87.7 Å². The third kappa shape index (κ3) is 3.38. The highest BCUT2D eigenvalue weighted by Gasteiger charge is 2.43. The highest BCUT2D eigenvalue weighted by atomic mass is 16.5. The molecule has 0 radical (unpaired) electrons. The van der Waals surface area contributed by atoms with Gasteiger partial charge in [0, 0.05) is 12.6 Å². The Morgan fingerprint density at radius 3 is 2.65 bits per heavy atom. The largest absolute Gasteiger partial charge is 0.467 e. The lowest BCUT2D eigenvalue weighted by molar-refractivity contribution is -0.150. The minimum absolute atomic E-state index is 0.121. The minimum Gasteiger partial charge on any atom is -0.467 e. The van der Waals surface area contributed by atoms with Crippen LogP contribution in [-0.2, 0) is 14.3 Å². The predicted molar refractivity (Wildman–Crippen MR) is 98.2 cm³/mol. The second kappa shape index (κ2) is 6.97. The number of ether oxygens (including phenoxy) is 1. The third-order valence-corrected chi connectivity index (χ3v) is 5.38. The Kier molecular flexibility index (Phi) is 4.89. The lowest BCUT2D eigenvalue weighted by Gasteiger charge is -2.37. The monoisotopic (exact) mass is 359 g/mol. The second-order valence-electron chi connectivity index (χ2n) is 7.35. The summed E-state index contributed by atoms with van der Waals surface area (Å²) in [5.41, 5.74) is 0.881. The van der Waals surface area contributed by atoms with E-state index in [9.17, 15) is 14.4 Å². The lowest BCUT2D eigenvalue weighted by atomic mass is 9.77. The molecule has 0 spiro atoms. The van der Waals surface area contributed by atoms with Gasteiger partial charge in [-0.1, -0.05) is 6.92 Å². The first-order valence-electron chi connectivity index (χ1n) is 8.90. The molecule has 1 heterocycles. The molecule has 26 heavy (non-hydrogen) atoms. The Labute approximate surface area is 153 Å². The number of benzene rings is 1. The van der Waals surface area contributed by atoms with Crippen molar-refractivity contribution >= 4 is 29.2 Å². The Hall–Kier alpha value is -2.57. The summed E-state index contributed by atoms with van der Waals surface area (Å²) in [6.45, 7) is 2.42. The lowest BCUT2D eigenvalue weighted by Crippen LogP contribution is -2.56. The molecule has 140 valence electrons. The first kappa shape index (κ1) is 18.2. The maximum Gasteiger partial charge on any atom is 0.331 e. The molecule has 7 heteroatoms. The van der Waals surface area contributed by atoms with Crippen LogP contribution in [0.5, 0.6) is 0 Å². The number of anilines is 2. The maximum absolute atomic E-state index is 12.8. The molecule has 1 aliphatic heterocycles. The molecule has 1 aromatic rings. The number of carbonyl (C=O) groups is 3. The fourth-order valence-corrected chi connectivity index (χ4v) is 3.72. The predicted octanol–water partition coefficient (Wildman–Crippen LogP) is 1.93. The zero-order valence-corrected chi connectivity index (χ0v) is 15.4. The zero-order chi connectivity index (χ0) is 18.9. The van der Waals surface area contributed by atoms with Gasteiger partial charge in [-0.3, -0.25) is 9.59 Å². The number of nitrogens with one attached hydrogen (secondary N) is 2. The van der Waals surface area contributed by atoms with E-state index < -0.39 is 11.5 Å². The Morgan fingerprint density at radius 2 is 2.00 bits per heavy atom. The van der Waals surface area contributed by atoms with Gasteiger partial charge < -0.3 is 20.3 Å². The third-order valence-electron chi connectivity index (χ3n) is 5.38. The molecule has 0 unspecified atom stereocenters. The molecule has 1 saturated carbocycles. The number of methoxy groups -OCH3 is 1. The summed E-state index contributed by atoms with van der Waals surface area (Å²) in [6, 6.07) is 5.16. The van der Waals surface area contributed by atoms with Crippen LogP contribution in [0.4, 0.5) is 11.4 Å². The van der Waals surface area contributed by atoms with Gasteiger partial charge in [0.2, 0.25) is 5.91 Å². The number of hydrogen-bond acceptors (Lipinski definition) is 5. The van der Waals surface area contributed by atoms with Crippen molar-refractivity contribution in [3.63, 3.8) is 0 Å². The van der Waals surface area contributed by atoms with E-state index in [1.165, 1.54) is 7.11 Å². The molecule has 2 N–H and O–H groups in total. The first-order chi connectivity index (χ1) is 12.3. The van der Waals surface area contributed by atoms with Crippen molar-refractivity contribution in [1.29, 1.82) is 0 Å². The van der Waals surface area contributed by atoms with Crippen molar-refractivity contribution in [2.24, 2.45) is 5.92 Å². The van der Waals surface area contributed by atoms with Gasteiger partial charge in [0.25, 0.3) is 5.91 Å². The summed E-state index contributed by atoms with van der Waals surface area (Å²) in [7, 11) is 3.17. The number of likely N-dealkylation sites (N-methyl/N-ethyl adjacent to an activating group) is 1. The number of rotatable bonds is 3. The molecular formula is C19H25N3O4. The average Bonchev–Trinajstić information content (AvgIpc) is 2.62. The Bertz CT molecular complexity index is 738. The standard InChI is InChI=1S/C19H25N3O4/c1-12-6-8-19(9-7-12,18(25)26-3)21-17(24)13-4-5-15-14(10-13)20-16(23)11-22(15)2/h4-5,10,12H,6-9,11H2,1-3H3,(H,20,23)(H,21,24). The van der Waals surface area contributed by atoms with Gasteiger partial charge in [-0.25, -0.2) is 4.79 Å². The number of fused-ring (bicyclic) bond motifs is 1. The Balaban J connectivity index is 1.83. The van der Waals surface area contributed by atoms with E-state index in [-0.39, 0.29) is 18.4 Å². The molecule has 7 nitrogen and oxygen atoms in total. The van der Waals surface area contributed by atoms with Crippen LogP contribution in [0.25, 0.3) is 0 Å². The molecule has 1 aromatic carbocycles. The molecule has 1 aliphatic carbocycles. The number of esters is 1. The molecule has 0 aromatic heterocycles. The summed E-state index contributed by atoms with van der Waals surface area (Å²) in [5.74, 6) is -0.331. The van der Waals surface area contributed by atoms with Crippen LogP contribution >= 0.6 is 0 Å². The summed E-state index contributed by atoms with van der Waals surface area (Å²) < 4.78 is 4.97. The molecule has 1 fully saturated rings. The summed E-state index contributed by atoms with van der Waals surface area (Å²) in [5, 5.41) is 5.70. The summed E-state index contributed by atoms with van der Waals surface area (Å²) in [4.78, 5) is 38.8. The van der Waals surface area contributed by atoms with E-state index in [1.54, 1.807) is 18.2 Å². The highest BCUT2D eigenvalue weighted by Crippen LogP contribution is 2.34. The van der Waals surface area contributed by atoms with E-state index in [2.05, 4.69) is 17.6 Å². The van der Waals surface area contributed by atoms with Crippen LogP contribution in [0.2, 0.25) is 0 Å². The van der Waals surface area contributed by atoms with Gasteiger partial charge in [-0.2, -0.15) is 0 Å². The first-order valence-corrected chi connectivity index (χ1v) is 8.90. The van der Waals surface area contributed by atoms with E-state index in [1.807, 2.05) is 11.9 Å². The zero-order valence-electron chi connectivity index (χ0n) is 15.4. The van der Waals surface area contributed by atoms with E-state index in [0.717, 1.165) is 18.5 Å². The fourth-order valence-electron chi connectivity index (χ4n) is 3.72. The van der Waals surface area contributed by atoms with Crippen molar-refractivity contribution in [3.05, 3.63) is 23.8 Å². The van der Waals surface area contributed by atoms with Gasteiger partial charge >= 0.3 is 5.97 Å². The summed E-state index contributed by atoms with van der Waals surface area (Å²) in [6.07, 6.45) is 2.86. The molecule has 0 saturated heterocycles. The minimum atomic E-state index is -0.978. The number of amides is 2. The van der Waals surface area contributed by atoms with Crippen molar-refractivity contribution < 1.29 is 19.1 Å². The van der Waals surface area contributed by atoms with E-state index >= 15 is 0 Å². The normalized spacial score (nSPS) is 25.1. The smallest absolute Gasteiger partial charge is 0.331 e. The van der Waals surface area contributed by atoms with Crippen molar-refractivity contribution in [2.45, 2.75) is 38.1 Å². The number of carbonyl (C=O) groups excluding carboxylic acids is 3. The summed E-state index contributed by atoms with van der Waals surface area (Å²) >= 11 is 0. The number of nitrogens with zero attached hydrogens (tertiary/aromatic N) is 1. The molecule has 3 rings (SSSR count).